The minimum Gasteiger partial charge on any atom is -0.499 e. The highest BCUT2D eigenvalue weighted by molar-refractivity contribution is 7.20. The fourth-order valence-corrected chi connectivity index (χ4v) is 3.57. The number of aromatic hydroxyl groups is 1. The molecule has 0 radical (unpaired) electrons. The Morgan fingerprint density at radius 2 is 2.04 bits per heavy atom. The SMILES string of the molecule is CCN(Cc1ccccc1)C(=O)Cn1cnc2sc(O)c(C)c2c1=O. The van der Waals surface area contributed by atoms with Gasteiger partial charge < -0.3 is 10.0 Å². The number of amides is 1. The van der Waals surface area contributed by atoms with E-state index in [1.165, 1.54) is 10.9 Å². The van der Waals surface area contributed by atoms with Crippen LogP contribution in [0.2, 0.25) is 0 Å². The van der Waals surface area contributed by atoms with Crippen molar-refractivity contribution in [1.29, 1.82) is 0 Å². The predicted octanol–water partition coefficient (Wildman–Crippen LogP) is 2.52. The number of hydrogen-bond donors (Lipinski definition) is 1. The van der Waals surface area contributed by atoms with E-state index >= 15 is 0 Å². The molecule has 0 saturated carbocycles. The number of thiophene rings is 1. The molecule has 3 aromatic rings. The van der Waals surface area contributed by atoms with Gasteiger partial charge in [-0.3, -0.25) is 14.2 Å². The van der Waals surface area contributed by atoms with Crippen molar-refractivity contribution in [3.8, 4) is 5.06 Å². The van der Waals surface area contributed by atoms with Crippen LogP contribution in [0.3, 0.4) is 0 Å². The summed E-state index contributed by atoms with van der Waals surface area (Å²) < 4.78 is 1.30. The molecule has 0 atom stereocenters. The molecule has 1 amide bonds. The first-order valence-electron chi connectivity index (χ1n) is 8.00. The average Bonchev–Trinajstić information content (AvgIpc) is 2.91. The number of rotatable bonds is 5. The third-order valence-corrected chi connectivity index (χ3v) is 5.15. The van der Waals surface area contributed by atoms with E-state index in [0.29, 0.717) is 28.9 Å². The number of aromatic nitrogens is 2. The Labute approximate surface area is 149 Å². The lowest BCUT2D eigenvalue weighted by Crippen LogP contribution is -2.36. The lowest BCUT2D eigenvalue weighted by molar-refractivity contribution is -0.132. The van der Waals surface area contributed by atoms with Crippen molar-refractivity contribution in [3.63, 3.8) is 0 Å². The lowest BCUT2D eigenvalue weighted by atomic mass is 10.2. The van der Waals surface area contributed by atoms with Crippen molar-refractivity contribution < 1.29 is 9.90 Å². The second-order valence-corrected chi connectivity index (χ2v) is 6.76. The number of carbonyl (C=O) groups is 1. The van der Waals surface area contributed by atoms with Gasteiger partial charge in [-0.1, -0.05) is 41.7 Å². The average molecular weight is 357 g/mol. The van der Waals surface area contributed by atoms with Crippen molar-refractivity contribution in [2.45, 2.75) is 26.9 Å². The number of benzene rings is 1. The topological polar surface area (TPSA) is 75.4 Å². The van der Waals surface area contributed by atoms with Crippen LogP contribution >= 0.6 is 11.3 Å². The normalized spacial score (nSPS) is 11.0. The van der Waals surface area contributed by atoms with E-state index in [4.69, 9.17) is 0 Å². The third kappa shape index (κ3) is 3.41. The first-order chi connectivity index (χ1) is 12.0. The Hall–Kier alpha value is -2.67. The van der Waals surface area contributed by atoms with Crippen LogP contribution in [0.4, 0.5) is 0 Å². The molecule has 0 unspecified atom stereocenters. The summed E-state index contributed by atoms with van der Waals surface area (Å²) >= 11 is 1.07. The molecule has 3 rings (SSSR count). The molecule has 7 heteroatoms. The standard InChI is InChI=1S/C18H19N3O3S/c1-3-20(9-13-7-5-4-6-8-13)14(22)10-21-11-19-16-15(17(21)23)12(2)18(24)25-16/h4-8,11,24H,3,9-10H2,1-2H3. The number of aryl methyl sites for hydroxylation is 1. The predicted molar refractivity (Wildman–Crippen MR) is 97.8 cm³/mol. The van der Waals surface area contributed by atoms with Gasteiger partial charge in [0.2, 0.25) is 5.91 Å². The summed E-state index contributed by atoms with van der Waals surface area (Å²) in [7, 11) is 0. The Morgan fingerprint density at radius 1 is 1.32 bits per heavy atom. The highest BCUT2D eigenvalue weighted by Crippen LogP contribution is 2.32. The molecule has 0 spiro atoms. The first-order valence-corrected chi connectivity index (χ1v) is 8.82. The quantitative estimate of drug-likeness (QED) is 0.761. The molecule has 130 valence electrons. The van der Waals surface area contributed by atoms with E-state index in [2.05, 4.69) is 4.98 Å². The summed E-state index contributed by atoms with van der Waals surface area (Å²) in [6.07, 6.45) is 1.37. The summed E-state index contributed by atoms with van der Waals surface area (Å²) in [5.41, 5.74) is 1.25. The van der Waals surface area contributed by atoms with Crippen LogP contribution < -0.4 is 5.56 Å². The molecule has 0 aliphatic rings. The van der Waals surface area contributed by atoms with Crippen LogP contribution in [-0.4, -0.2) is 32.0 Å². The fourth-order valence-electron chi connectivity index (χ4n) is 2.69. The third-order valence-electron chi connectivity index (χ3n) is 4.15. The van der Waals surface area contributed by atoms with Gasteiger partial charge in [-0.05, 0) is 19.4 Å². The lowest BCUT2D eigenvalue weighted by Gasteiger charge is -2.21. The zero-order chi connectivity index (χ0) is 18.0. The van der Waals surface area contributed by atoms with E-state index in [1.807, 2.05) is 37.3 Å². The molecule has 2 aromatic heterocycles. The van der Waals surface area contributed by atoms with Crippen LogP contribution in [0.5, 0.6) is 5.06 Å². The van der Waals surface area contributed by atoms with E-state index in [0.717, 1.165) is 16.9 Å². The second kappa shape index (κ2) is 7.06. The number of nitrogens with zero attached hydrogens (tertiary/aromatic N) is 3. The Morgan fingerprint density at radius 3 is 2.72 bits per heavy atom. The first kappa shape index (κ1) is 17.2. The zero-order valence-electron chi connectivity index (χ0n) is 14.1. The van der Waals surface area contributed by atoms with Crippen LogP contribution in [0.15, 0.2) is 41.5 Å². The van der Waals surface area contributed by atoms with Gasteiger partial charge in [-0.15, -0.1) is 0 Å². The maximum Gasteiger partial charge on any atom is 0.262 e. The largest absolute Gasteiger partial charge is 0.499 e. The van der Waals surface area contributed by atoms with Crippen molar-refractivity contribution in [3.05, 3.63) is 58.1 Å². The Kier molecular flexibility index (Phi) is 4.85. The number of hydrogen-bond acceptors (Lipinski definition) is 5. The van der Waals surface area contributed by atoms with Gasteiger partial charge in [0, 0.05) is 18.7 Å². The van der Waals surface area contributed by atoms with Crippen molar-refractivity contribution in [2.24, 2.45) is 0 Å². The van der Waals surface area contributed by atoms with E-state index < -0.39 is 0 Å². The van der Waals surface area contributed by atoms with Crippen LogP contribution in [0, 0.1) is 6.92 Å². The molecular weight excluding hydrogens is 338 g/mol. The molecule has 0 bridgehead atoms. The van der Waals surface area contributed by atoms with E-state index in [-0.39, 0.29) is 23.1 Å². The molecule has 0 aliphatic carbocycles. The highest BCUT2D eigenvalue weighted by Gasteiger charge is 2.17. The van der Waals surface area contributed by atoms with Crippen molar-refractivity contribution in [1.82, 2.24) is 14.5 Å². The van der Waals surface area contributed by atoms with Gasteiger partial charge in [-0.2, -0.15) is 0 Å². The van der Waals surface area contributed by atoms with E-state index in [9.17, 15) is 14.7 Å². The van der Waals surface area contributed by atoms with Crippen LogP contribution in [0.1, 0.15) is 18.1 Å². The summed E-state index contributed by atoms with van der Waals surface area (Å²) in [4.78, 5) is 31.6. The zero-order valence-corrected chi connectivity index (χ0v) is 14.9. The van der Waals surface area contributed by atoms with Crippen LogP contribution in [0.25, 0.3) is 10.2 Å². The molecule has 25 heavy (non-hydrogen) atoms. The smallest absolute Gasteiger partial charge is 0.262 e. The molecule has 0 saturated heterocycles. The van der Waals surface area contributed by atoms with Gasteiger partial charge in [0.15, 0.2) is 5.06 Å². The van der Waals surface area contributed by atoms with Gasteiger partial charge >= 0.3 is 0 Å². The number of fused-ring (bicyclic) bond motifs is 1. The summed E-state index contributed by atoms with van der Waals surface area (Å²) in [5.74, 6) is -0.147. The second-order valence-electron chi connectivity index (χ2n) is 5.78. The minimum atomic E-state index is -0.303. The van der Waals surface area contributed by atoms with Gasteiger partial charge in [-0.25, -0.2) is 4.98 Å². The maximum absolute atomic E-state index is 12.6. The Balaban J connectivity index is 1.84. The number of likely N-dealkylation sites (N-methyl/N-ethyl adjacent to an activating group) is 1. The molecule has 2 heterocycles. The van der Waals surface area contributed by atoms with Crippen molar-refractivity contribution >= 4 is 27.5 Å². The highest BCUT2D eigenvalue weighted by atomic mass is 32.1. The summed E-state index contributed by atoms with van der Waals surface area (Å²) in [6.45, 7) is 4.57. The minimum absolute atomic E-state index is 0.0709. The molecule has 0 aliphatic heterocycles. The molecule has 0 fully saturated rings. The van der Waals surface area contributed by atoms with Gasteiger partial charge in [0.1, 0.15) is 11.4 Å². The van der Waals surface area contributed by atoms with E-state index in [1.54, 1.807) is 11.8 Å². The maximum atomic E-state index is 12.6. The van der Waals surface area contributed by atoms with Gasteiger partial charge in [0.05, 0.1) is 11.7 Å². The van der Waals surface area contributed by atoms with Gasteiger partial charge in [0.25, 0.3) is 5.56 Å². The molecule has 1 aromatic carbocycles. The Bertz CT molecular complexity index is 963. The molecule has 6 nitrogen and oxygen atoms in total. The molecule has 1 N–H and O–H groups in total. The van der Waals surface area contributed by atoms with Crippen LogP contribution in [-0.2, 0) is 17.9 Å². The summed E-state index contributed by atoms with van der Waals surface area (Å²) in [5, 5.41) is 10.3. The van der Waals surface area contributed by atoms with Crippen molar-refractivity contribution in [2.75, 3.05) is 6.54 Å². The summed E-state index contributed by atoms with van der Waals surface area (Å²) in [6, 6.07) is 9.73. The number of carbonyl (C=O) groups excluding carboxylic acids is 1. The molecular formula is C18H19N3O3S. The monoisotopic (exact) mass is 357 g/mol. The fraction of sp³-hybridized carbons (Fsp3) is 0.278.